The third kappa shape index (κ3) is 4.56. The zero-order valence-electron chi connectivity index (χ0n) is 11.7. The van der Waals surface area contributed by atoms with Crippen molar-refractivity contribution in [1.82, 2.24) is 5.32 Å². The van der Waals surface area contributed by atoms with E-state index in [-0.39, 0.29) is 18.3 Å². The number of carbonyl (C=O) groups is 1. The number of carbonyl (C=O) groups excluding carboxylic acids is 1. The number of thiophene rings is 1. The average molecular weight is 323 g/mol. The van der Waals surface area contributed by atoms with Gasteiger partial charge in [0.1, 0.15) is 0 Å². The molecule has 1 aromatic heterocycles. The van der Waals surface area contributed by atoms with Crippen LogP contribution in [-0.2, 0) is 4.79 Å². The summed E-state index contributed by atoms with van der Waals surface area (Å²) in [6.07, 6.45) is 2.60. The largest absolute Gasteiger partial charge is 0.324 e. The monoisotopic (exact) mass is 322 g/mol. The molecule has 1 aliphatic carbocycles. The number of nitrogens with one attached hydrogen (secondary N) is 2. The lowest BCUT2D eigenvalue weighted by Gasteiger charge is -2.10. The van der Waals surface area contributed by atoms with E-state index in [9.17, 15) is 4.79 Å². The summed E-state index contributed by atoms with van der Waals surface area (Å²) in [5.41, 5.74) is 1.96. The molecule has 3 rings (SSSR count). The smallest absolute Gasteiger partial charge is 0.238 e. The molecule has 1 saturated carbocycles. The molecule has 1 aromatic carbocycles. The first kappa shape index (κ1) is 16.0. The highest BCUT2D eigenvalue weighted by Crippen LogP contribution is 2.31. The molecule has 1 fully saturated rings. The average Bonchev–Trinajstić information content (AvgIpc) is 3.11. The van der Waals surface area contributed by atoms with E-state index < -0.39 is 0 Å². The molecule has 0 unspecified atom stereocenters. The van der Waals surface area contributed by atoms with Crippen molar-refractivity contribution in [3.63, 3.8) is 0 Å². The number of anilines is 1. The van der Waals surface area contributed by atoms with Gasteiger partial charge in [0.25, 0.3) is 0 Å². The third-order valence-electron chi connectivity index (χ3n) is 3.40. The highest BCUT2D eigenvalue weighted by Gasteiger charge is 2.20. The van der Waals surface area contributed by atoms with Crippen LogP contribution in [0.5, 0.6) is 0 Å². The van der Waals surface area contributed by atoms with Gasteiger partial charge in [-0.1, -0.05) is 24.3 Å². The quantitative estimate of drug-likeness (QED) is 0.850. The summed E-state index contributed by atoms with van der Waals surface area (Å²) in [7, 11) is 0. The van der Waals surface area contributed by atoms with Crippen molar-refractivity contribution in [3.8, 4) is 10.4 Å². The maximum absolute atomic E-state index is 12.0. The predicted octanol–water partition coefficient (Wildman–Crippen LogP) is 3.78. The van der Waals surface area contributed by atoms with Crippen LogP contribution in [0.25, 0.3) is 10.4 Å². The fraction of sp³-hybridized carbons (Fsp3) is 0.312. The second-order valence-corrected chi connectivity index (χ2v) is 6.09. The van der Waals surface area contributed by atoms with Crippen molar-refractivity contribution in [2.24, 2.45) is 5.92 Å². The number of hydrogen-bond donors (Lipinski definition) is 2. The summed E-state index contributed by atoms with van der Waals surface area (Å²) < 4.78 is 0. The van der Waals surface area contributed by atoms with Gasteiger partial charge in [-0.05, 0) is 42.8 Å². The molecule has 0 spiro atoms. The zero-order valence-corrected chi connectivity index (χ0v) is 13.3. The first-order valence-electron chi connectivity index (χ1n) is 6.96. The standard InChI is InChI=1S/C16H18N2OS.ClH/c19-16(11-17-10-12-7-8-12)18-14-5-2-1-4-13(14)15-6-3-9-20-15;/h1-6,9,12,17H,7-8,10-11H2,(H,18,19);1H. The lowest BCUT2D eigenvalue weighted by molar-refractivity contribution is -0.115. The van der Waals surface area contributed by atoms with Crippen LogP contribution in [0.2, 0.25) is 0 Å². The normalized spacial score (nSPS) is 13.5. The SMILES string of the molecule is Cl.O=C(CNCC1CC1)Nc1ccccc1-c1cccs1. The van der Waals surface area contributed by atoms with E-state index in [0.29, 0.717) is 6.54 Å². The van der Waals surface area contributed by atoms with Gasteiger partial charge >= 0.3 is 0 Å². The Hall–Kier alpha value is -1.36. The minimum Gasteiger partial charge on any atom is -0.324 e. The summed E-state index contributed by atoms with van der Waals surface area (Å²) in [6.45, 7) is 1.34. The topological polar surface area (TPSA) is 41.1 Å². The Kier molecular flexibility index (Phi) is 5.79. The van der Waals surface area contributed by atoms with E-state index in [1.54, 1.807) is 11.3 Å². The Morgan fingerprint density at radius 1 is 1.19 bits per heavy atom. The molecule has 112 valence electrons. The molecule has 0 bridgehead atoms. The number of halogens is 1. The molecule has 2 aromatic rings. The number of hydrogen-bond acceptors (Lipinski definition) is 3. The maximum Gasteiger partial charge on any atom is 0.238 e. The number of para-hydroxylation sites is 1. The number of rotatable bonds is 6. The molecule has 0 radical (unpaired) electrons. The Morgan fingerprint density at radius 2 is 2.00 bits per heavy atom. The molecule has 3 nitrogen and oxygen atoms in total. The van der Waals surface area contributed by atoms with Crippen molar-refractivity contribution in [1.29, 1.82) is 0 Å². The van der Waals surface area contributed by atoms with Crippen LogP contribution in [0, 0.1) is 5.92 Å². The van der Waals surface area contributed by atoms with Crippen LogP contribution in [0.15, 0.2) is 41.8 Å². The van der Waals surface area contributed by atoms with Crippen LogP contribution < -0.4 is 10.6 Å². The minimum absolute atomic E-state index is 0. The Morgan fingerprint density at radius 3 is 2.71 bits per heavy atom. The molecular formula is C16H19ClN2OS. The highest BCUT2D eigenvalue weighted by molar-refractivity contribution is 7.13. The van der Waals surface area contributed by atoms with Gasteiger partial charge in [-0.3, -0.25) is 4.79 Å². The highest BCUT2D eigenvalue weighted by atomic mass is 35.5. The molecule has 1 heterocycles. The van der Waals surface area contributed by atoms with Crippen LogP contribution in [0.4, 0.5) is 5.69 Å². The summed E-state index contributed by atoms with van der Waals surface area (Å²) in [5.74, 6) is 0.816. The van der Waals surface area contributed by atoms with Gasteiger partial charge in [-0.15, -0.1) is 23.7 Å². The lowest BCUT2D eigenvalue weighted by atomic mass is 10.1. The van der Waals surface area contributed by atoms with Crippen molar-refractivity contribution in [2.45, 2.75) is 12.8 Å². The second kappa shape index (κ2) is 7.59. The minimum atomic E-state index is 0. The summed E-state index contributed by atoms with van der Waals surface area (Å²) >= 11 is 1.68. The molecule has 5 heteroatoms. The fourth-order valence-electron chi connectivity index (χ4n) is 2.14. The van der Waals surface area contributed by atoms with E-state index in [1.165, 1.54) is 17.7 Å². The van der Waals surface area contributed by atoms with Crippen molar-refractivity contribution in [2.75, 3.05) is 18.4 Å². The molecular weight excluding hydrogens is 304 g/mol. The van der Waals surface area contributed by atoms with Crippen LogP contribution >= 0.6 is 23.7 Å². The van der Waals surface area contributed by atoms with Crippen LogP contribution in [0.1, 0.15) is 12.8 Å². The maximum atomic E-state index is 12.0. The van der Waals surface area contributed by atoms with Crippen molar-refractivity contribution in [3.05, 3.63) is 41.8 Å². The van der Waals surface area contributed by atoms with Crippen molar-refractivity contribution < 1.29 is 4.79 Å². The van der Waals surface area contributed by atoms with E-state index >= 15 is 0 Å². The molecule has 2 N–H and O–H groups in total. The van der Waals surface area contributed by atoms with Gasteiger partial charge < -0.3 is 10.6 Å². The molecule has 1 aliphatic rings. The van der Waals surface area contributed by atoms with E-state index in [0.717, 1.165) is 23.7 Å². The Labute approximate surface area is 135 Å². The van der Waals surface area contributed by atoms with Crippen molar-refractivity contribution >= 4 is 35.3 Å². The second-order valence-electron chi connectivity index (χ2n) is 5.15. The van der Waals surface area contributed by atoms with Gasteiger partial charge in [0.15, 0.2) is 0 Å². The molecule has 21 heavy (non-hydrogen) atoms. The van der Waals surface area contributed by atoms with Gasteiger partial charge in [-0.2, -0.15) is 0 Å². The fourth-order valence-corrected chi connectivity index (χ4v) is 2.91. The summed E-state index contributed by atoms with van der Waals surface area (Å²) in [6, 6.07) is 12.0. The van der Waals surface area contributed by atoms with Gasteiger partial charge in [0, 0.05) is 16.1 Å². The van der Waals surface area contributed by atoms with E-state index in [4.69, 9.17) is 0 Å². The number of benzene rings is 1. The molecule has 1 amide bonds. The van der Waals surface area contributed by atoms with Gasteiger partial charge in [0.05, 0.1) is 6.54 Å². The third-order valence-corrected chi connectivity index (χ3v) is 4.31. The van der Waals surface area contributed by atoms with Crippen LogP contribution in [-0.4, -0.2) is 19.0 Å². The first-order valence-corrected chi connectivity index (χ1v) is 7.84. The van der Waals surface area contributed by atoms with E-state index in [1.807, 2.05) is 35.7 Å². The van der Waals surface area contributed by atoms with Gasteiger partial charge in [0.2, 0.25) is 5.91 Å². The van der Waals surface area contributed by atoms with E-state index in [2.05, 4.69) is 16.7 Å². The number of amides is 1. The summed E-state index contributed by atoms with van der Waals surface area (Å²) in [5, 5.41) is 8.26. The van der Waals surface area contributed by atoms with Crippen LogP contribution in [0.3, 0.4) is 0 Å². The molecule has 0 aliphatic heterocycles. The Balaban J connectivity index is 0.00000161. The van der Waals surface area contributed by atoms with Gasteiger partial charge in [-0.25, -0.2) is 0 Å². The molecule has 0 atom stereocenters. The Bertz CT molecular complexity index is 582. The molecule has 0 saturated heterocycles. The predicted molar refractivity (Wildman–Crippen MR) is 91.2 cm³/mol. The summed E-state index contributed by atoms with van der Waals surface area (Å²) in [4.78, 5) is 13.1. The zero-order chi connectivity index (χ0) is 13.8. The first-order chi connectivity index (χ1) is 9.83. The lowest BCUT2D eigenvalue weighted by Crippen LogP contribution is -2.29.